The van der Waals surface area contributed by atoms with Gasteiger partial charge in [-0.3, -0.25) is 4.79 Å². The van der Waals surface area contributed by atoms with Crippen LogP contribution in [-0.4, -0.2) is 23.4 Å². The van der Waals surface area contributed by atoms with Crippen LogP contribution in [0.5, 0.6) is 5.75 Å². The number of phenols is 1. The van der Waals surface area contributed by atoms with Gasteiger partial charge in [0.15, 0.2) is 11.6 Å². The highest BCUT2D eigenvalue weighted by atomic mass is 19.4. The number of halogens is 10. The molecule has 0 spiro atoms. The van der Waals surface area contributed by atoms with Crippen molar-refractivity contribution < 1.29 is 53.8 Å². The second-order valence-corrected chi connectivity index (χ2v) is 9.97. The molecule has 3 nitrogen and oxygen atoms in total. The van der Waals surface area contributed by atoms with Gasteiger partial charge in [0.1, 0.15) is 11.6 Å². The van der Waals surface area contributed by atoms with Gasteiger partial charge in [0, 0.05) is 18.4 Å². The normalized spacial score (nSPS) is 13.5. The lowest BCUT2D eigenvalue weighted by atomic mass is 9.76. The van der Waals surface area contributed by atoms with E-state index >= 15 is 0 Å². The van der Waals surface area contributed by atoms with Gasteiger partial charge in [-0.25, -0.2) is 22.0 Å². The number of hydrogen-bond acceptors (Lipinski definition) is 2. The summed E-state index contributed by atoms with van der Waals surface area (Å²) in [7, 11) is 0. The van der Waals surface area contributed by atoms with E-state index in [4.69, 9.17) is 0 Å². The predicted molar refractivity (Wildman–Crippen MR) is 139 cm³/mol. The van der Waals surface area contributed by atoms with Crippen molar-refractivity contribution in [2.24, 2.45) is 0 Å². The molecule has 0 radical (unpaired) electrons. The van der Waals surface area contributed by atoms with Crippen molar-refractivity contribution in [3.05, 3.63) is 136 Å². The molecule has 13 heteroatoms. The molecule has 0 aliphatic rings. The largest absolute Gasteiger partial charge is 0.505 e. The third-order valence-electron chi connectivity index (χ3n) is 6.82. The molecule has 0 unspecified atom stereocenters. The van der Waals surface area contributed by atoms with Crippen molar-refractivity contribution in [3.8, 4) is 5.75 Å². The van der Waals surface area contributed by atoms with Gasteiger partial charge < -0.3 is 10.4 Å². The van der Waals surface area contributed by atoms with Crippen molar-refractivity contribution >= 4 is 5.91 Å². The van der Waals surface area contributed by atoms with Gasteiger partial charge in [-0.2, -0.15) is 22.0 Å². The fourth-order valence-corrected chi connectivity index (χ4v) is 4.74. The summed E-state index contributed by atoms with van der Waals surface area (Å²) in [6, 6.07) is 14.0. The average molecular weight is 629 g/mol. The monoisotopic (exact) mass is 629 g/mol. The summed E-state index contributed by atoms with van der Waals surface area (Å²) < 4.78 is 137. The maximum Gasteiger partial charge on any atom is 0.419 e. The Morgan fingerprint density at radius 2 is 1.39 bits per heavy atom. The predicted octanol–water partition coefficient (Wildman–Crippen LogP) is 8.19. The molecule has 0 saturated heterocycles. The molecule has 4 aromatic carbocycles. The van der Waals surface area contributed by atoms with Crippen molar-refractivity contribution in [1.29, 1.82) is 0 Å². The molecule has 0 aliphatic carbocycles. The van der Waals surface area contributed by atoms with Crippen LogP contribution in [0.1, 0.15) is 38.2 Å². The number of carbonyl (C=O) groups excluding carboxylic acids is 1. The average Bonchev–Trinajstić information content (AvgIpc) is 2.93. The molecule has 0 saturated carbocycles. The molecule has 4 aromatic rings. The minimum Gasteiger partial charge on any atom is -0.505 e. The van der Waals surface area contributed by atoms with Crippen LogP contribution in [0.25, 0.3) is 0 Å². The number of benzene rings is 4. The molecule has 0 bridgehead atoms. The van der Waals surface area contributed by atoms with Gasteiger partial charge >= 0.3 is 18.5 Å². The van der Waals surface area contributed by atoms with E-state index in [9.17, 15) is 53.8 Å². The van der Waals surface area contributed by atoms with Crippen LogP contribution in [-0.2, 0) is 24.6 Å². The maximum absolute atomic E-state index is 15.0. The molecule has 2 N–H and O–H groups in total. The Bertz CT molecular complexity index is 1660. The number of hydrogen-bond donors (Lipinski definition) is 2. The first kappa shape index (κ1) is 32.4. The number of aromatic hydroxyl groups is 1. The quantitative estimate of drug-likeness (QED) is 0.184. The molecule has 0 aliphatic heterocycles. The molecule has 1 amide bonds. The fourth-order valence-electron chi connectivity index (χ4n) is 4.74. The van der Waals surface area contributed by atoms with E-state index in [0.29, 0.717) is 17.7 Å². The molecule has 44 heavy (non-hydrogen) atoms. The van der Waals surface area contributed by atoms with Crippen LogP contribution in [0.4, 0.5) is 43.9 Å². The van der Waals surface area contributed by atoms with E-state index in [1.165, 1.54) is 12.1 Å². The Morgan fingerprint density at radius 3 is 2.00 bits per heavy atom. The maximum atomic E-state index is 15.0. The van der Waals surface area contributed by atoms with Crippen LogP contribution in [0, 0.1) is 17.5 Å². The second kappa shape index (κ2) is 12.2. The summed E-state index contributed by atoms with van der Waals surface area (Å²) in [6.07, 6.45) is -11.3. The van der Waals surface area contributed by atoms with Gasteiger partial charge in [0.25, 0.3) is 5.91 Å². The van der Waals surface area contributed by atoms with E-state index in [0.717, 1.165) is 36.4 Å². The topological polar surface area (TPSA) is 49.3 Å². The first-order chi connectivity index (χ1) is 20.5. The minimum absolute atomic E-state index is 0.191. The smallest absolute Gasteiger partial charge is 0.419 e. The van der Waals surface area contributed by atoms with Crippen LogP contribution in [0.15, 0.2) is 84.9 Å². The summed E-state index contributed by atoms with van der Waals surface area (Å²) in [6.45, 7) is 0. The first-order valence-electron chi connectivity index (χ1n) is 12.7. The van der Waals surface area contributed by atoms with E-state index in [1.807, 2.05) is 0 Å². The van der Waals surface area contributed by atoms with E-state index < -0.39 is 82.7 Å². The lowest BCUT2D eigenvalue weighted by Gasteiger charge is -2.37. The summed E-state index contributed by atoms with van der Waals surface area (Å²) in [5.41, 5.74) is -5.47. The summed E-state index contributed by atoms with van der Waals surface area (Å²) in [4.78, 5) is 13.6. The van der Waals surface area contributed by atoms with Crippen molar-refractivity contribution in [3.63, 3.8) is 0 Å². The Morgan fingerprint density at radius 1 is 0.727 bits per heavy atom. The van der Waals surface area contributed by atoms with E-state index in [2.05, 4.69) is 5.32 Å². The van der Waals surface area contributed by atoms with Gasteiger partial charge in [-0.1, -0.05) is 42.5 Å². The molecule has 232 valence electrons. The minimum atomic E-state index is -5.20. The van der Waals surface area contributed by atoms with E-state index in [1.54, 1.807) is 18.2 Å². The van der Waals surface area contributed by atoms with Crippen LogP contribution >= 0.6 is 0 Å². The number of carbonyl (C=O) groups is 1. The first-order valence-corrected chi connectivity index (χ1v) is 12.7. The van der Waals surface area contributed by atoms with Gasteiger partial charge in [-0.05, 0) is 64.7 Å². The van der Waals surface area contributed by atoms with Crippen LogP contribution in [0.3, 0.4) is 0 Å². The Labute approximate surface area is 243 Å². The molecule has 0 fully saturated rings. The zero-order valence-electron chi connectivity index (χ0n) is 22.2. The lowest BCUT2D eigenvalue weighted by molar-refractivity contribution is -0.140. The van der Waals surface area contributed by atoms with Crippen molar-refractivity contribution in [2.45, 2.75) is 36.9 Å². The Kier molecular flexibility index (Phi) is 8.98. The highest BCUT2D eigenvalue weighted by Crippen LogP contribution is 2.39. The molecule has 0 heterocycles. The molecular formula is C31H21F10NO2. The van der Waals surface area contributed by atoms with Crippen molar-refractivity contribution in [1.82, 2.24) is 5.32 Å². The van der Waals surface area contributed by atoms with Gasteiger partial charge in [0.2, 0.25) is 0 Å². The zero-order valence-corrected chi connectivity index (χ0v) is 22.2. The van der Waals surface area contributed by atoms with Crippen molar-refractivity contribution in [2.75, 3.05) is 0 Å². The molecule has 4 rings (SSSR count). The van der Waals surface area contributed by atoms with E-state index in [-0.39, 0.29) is 17.2 Å². The lowest BCUT2D eigenvalue weighted by Crippen LogP contribution is -2.49. The number of nitrogens with one attached hydrogen (secondary N) is 1. The number of phenolic OH excluding ortho intramolecular Hbond substituents is 1. The Hall–Kier alpha value is -4.55. The summed E-state index contributed by atoms with van der Waals surface area (Å²) >= 11 is 0. The highest BCUT2D eigenvalue weighted by molar-refractivity contribution is 5.95. The summed E-state index contributed by atoms with van der Waals surface area (Å²) in [5, 5.41) is 12.6. The number of rotatable bonds is 9. The highest BCUT2D eigenvalue weighted by Gasteiger charge is 2.43. The summed E-state index contributed by atoms with van der Waals surface area (Å²) in [5.74, 6) is -10.9. The third kappa shape index (κ3) is 6.98. The van der Waals surface area contributed by atoms with Gasteiger partial charge in [-0.15, -0.1) is 0 Å². The number of amides is 1. The zero-order chi connectivity index (χ0) is 32.4. The standard InChI is InChI=1S/C31H21F10NO2/c32-22-11-18(16-30(37,38)28(35)36)10-21(13-22)29(15-17-4-2-1-3-5-17,20-7-9-25(34)26(43)14-20)42-27(44)19-6-8-24(33)23(12-19)31(39,40)41/h1-14,28,43H,15-16H2,(H,42,44)/t29-/m1/s1. The SMILES string of the molecule is O=C(N[C@@](Cc1ccccc1)(c1cc(F)cc(CC(F)(F)C(F)F)c1)c1ccc(F)c(O)c1)c1ccc(F)c(C(F)(F)F)c1. The van der Waals surface area contributed by atoms with Gasteiger partial charge in [0.05, 0.1) is 11.1 Å². The molecular weight excluding hydrogens is 608 g/mol. The molecule has 1 atom stereocenters. The van der Waals surface area contributed by atoms with Crippen LogP contribution in [0.2, 0.25) is 0 Å². The molecule has 0 aromatic heterocycles. The number of alkyl halides is 7. The fraction of sp³-hybridized carbons (Fsp3) is 0.194. The third-order valence-corrected chi connectivity index (χ3v) is 6.82. The Balaban J connectivity index is 1.99. The van der Waals surface area contributed by atoms with Crippen LogP contribution < -0.4 is 5.32 Å². The second-order valence-electron chi connectivity index (χ2n) is 9.97.